The number of aromatic hydroxyl groups is 1. The maximum absolute atomic E-state index is 13.0. The summed E-state index contributed by atoms with van der Waals surface area (Å²) in [5.74, 6) is -1.55. The average molecular weight is 296 g/mol. The molecule has 0 bridgehead atoms. The van der Waals surface area contributed by atoms with Crippen molar-refractivity contribution in [3.05, 3.63) is 29.6 Å². The fraction of sp³-hybridized carbons (Fsp3) is 0.533. The smallest absolute Gasteiger partial charge is 0.251 e. The summed E-state index contributed by atoms with van der Waals surface area (Å²) in [6.07, 6.45) is 0.926. The number of carbonyl (C=O) groups is 1. The quantitative estimate of drug-likeness (QED) is 0.861. The highest BCUT2D eigenvalue weighted by molar-refractivity contribution is 5.94. The number of benzene rings is 1. The number of morpholine rings is 1. The third kappa shape index (κ3) is 4.15. The van der Waals surface area contributed by atoms with Gasteiger partial charge in [-0.05, 0) is 24.6 Å². The van der Waals surface area contributed by atoms with Crippen molar-refractivity contribution in [3.8, 4) is 5.75 Å². The van der Waals surface area contributed by atoms with Gasteiger partial charge in [0.1, 0.15) is 0 Å². The first kappa shape index (κ1) is 15.7. The summed E-state index contributed by atoms with van der Waals surface area (Å²) < 4.78 is 18.3. The molecule has 1 fully saturated rings. The Bertz CT molecular complexity index is 490. The molecule has 1 aliphatic rings. The highest BCUT2D eigenvalue weighted by Crippen LogP contribution is 2.16. The van der Waals surface area contributed by atoms with Gasteiger partial charge in [-0.15, -0.1) is 0 Å². The summed E-state index contributed by atoms with van der Waals surface area (Å²) in [6.45, 7) is 5.77. The molecule has 0 radical (unpaired) electrons. The van der Waals surface area contributed by atoms with Crippen LogP contribution >= 0.6 is 0 Å². The van der Waals surface area contributed by atoms with E-state index in [4.69, 9.17) is 4.74 Å². The Morgan fingerprint density at radius 3 is 2.81 bits per heavy atom. The number of nitrogens with zero attached hydrogens (tertiary/aromatic N) is 1. The Morgan fingerprint density at radius 2 is 2.19 bits per heavy atom. The van der Waals surface area contributed by atoms with Gasteiger partial charge in [-0.1, -0.05) is 6.92 Å². The summed E-state index contributed by atoms with van der Waals surface area (Å²) in [4.78, 5) is 14.3. The molecule has 21 heavy (non-hydrogen) atoms. The zero-order valence-corrected chi connectivity index (χ0v) is 12.1. The average Bonchev–Trinajstić information content (AvgIpc) is 2.51. The van der Waals surface area contributed by atoms with Crippen molar-refractivity contribution in [2.45, 2.75) is 19.4 Å². The molecule has 5 nitrogen and oxygen atoms in total. The second kappa shape index (κ2) is 7.38. The first-order chi connectivity index (χ1) is 10.1. The van der Waals surface area contributed by atoms with Crippen molar-refractivity contribution in [2.75, 3.05) is 32.8 Å². The molecule has 0 spiro atoms. The normalized spacial score (nSPS) is 17.4. The van der Waals surface area contributed by atoms with E-state index in [9.17, 15) is 14.3 Å². The summed E-state index contributed by atoms with van der Waals surface area (Å²) in [6, 6.07) is 3.84. The summed E-state index contributed by atoms with van der Waals surface area (Å²) in [5.41, 5.74) is 0.255. The van der Waals surface area contributed by atoms with E-state index in [0.717, 1.165) is 44.9 Å². The van der Waals surface area contributed by atoms with Crippen LogP contribution in [0.1, 0.15) is 23.7 Å². The maximum atomic E-state index is 13.0. The highest BCUT2D eigenvalue weighted by atomic mass is 19.1. The van der Waals surface area contributed by atoms with Crippen LogP contribution in [0.4, 0.5) is 4.39 Å². The summed E-state index contributed by atoms with van der Waals surface area (Å²) in [7, 11) is 0. The van der Waals surface area contributed by atoms with Crippen molar-refractivity contribution in [3.63, 3.8) is 0 Å². The zero-order chi connectivity index (χ0) is 15.2. The van der Waals surface area contributed by atoms with E-state index >= 15 is 0 Å². The number of ether oxygens (including phenoxy) is 1. The Balaban J connectivity index is 1.90. The predicted molar refractivity (Wildman–Crippen MR) is 76.9 cm³/mol. The molecule has 1 atom stereocenters. The van der Waals surface area contributed by atoms with Crippen LogP contribution in [-0.4, -0.2) is 54.8 Å². The molecule has 1 amide bonds. The molecule has 1 saturated heterocycles. The van der Waals surface area contributed by atoms with Crippen LogP contribution in [0.3, 0.4) is 0 Å². The van der Waals surface area contributed by atoms with Crippen molar-refractivity contribution in [2.24, 2.45) is 0 Å². The van der Waals surface area contributed by atoms with Gasteiger partial charge in [0.15, 0.2) is 11.6 Å². The molecule has 116 valence electrons. The fourth-order valence-electron chi connectivity index (χ4n) is 2.44. The lowest BCUT2D eigenvalue weighted by Gasteiger charge is -2.34. The van der Waals surface area contributed by atoms with Gasteiger partial charge in [-0.3, -0.25) is 9.69 Å². The standard InChI is InChI=1S/C15H21FN2O3/c1-2-12(18-5-7-21-8-6-18)10-17-15(20)11-3-4-13(16)14(19)9-11/h3-4,9,12,19H,2,5-8,10H2,1H3,(H,17,20)/t12-/m1/s1. The van der Waals surface area contributed by atoms with E-state index < -0.39 is 11.6 Å². The van der Waals surface area contributed by atoms with Gasteiger partial charge in [0.05, 0.1) is 13.2 Å². The Labute approximate surface area is 123 Å². The lowest BCUT2D eigenvalue weighted by atomic mass is 10.1. The molecule has 0 saturated carbocycles. The number of phenols is 1. The molecule has 0 aliphatic carbocycles. The van der Waals surface area contributed by atoms with Crippen molar-refractivity contribution in [1.82, 2.24) is 10.2 Å². The topological polar surface area (TPSA) is 61.8 Å². The van der Waals surface area contributed by atoms with Gasteiger partial charge in [0, 0.05) is 31.2 Å². The Kier molecular flexibility index (Phi) is 5.52. The molecular formula is C15H21FN2O3. The number of hydrogen-bond donors (Lipinski definition) is 2. The SMILES string of the molecule is CC[C@H](CNC(=O)c1ccc(F)c(O)c1)N1CCOCC1. The Morgan fingerprint density at radius 1 is 1.48 bits per heavy atom. The largest absolute Gasteiger partial charge is 0.505 e. The van der Waals surface area contributed by atoms with Gasteiger partial charge >= 0.3 is 0 Å². The fourth-order valence-corrected chi connectivity index (χ4v) is 2.44. The number of phenolic OH excluding ortho intramolecular Hbond substituents is 1. The van der Waals surface area contributed by atoms with Gasteiger partial charge in [-0.25, -0.2) is 4.39 Å². The van der Waals surface area contributed by atoms with Crippen LogP contribution in [0.15, 0.2) is 18.2 Å². The molecule has 0 unspecified atom stereocenters. The molecule has 2 N–H and O–H groups in total. The van der Waals surface area contributed by atoms with Crippen molar-refractivity contribution < 1.29 is 19.0 Å². The van der Waals surface area contributed by atoms with Crippen LogP contribution in [0.25, 0.3) is 0 Å². The molecule has 1 heterocycles. The van der Waals surface area contributed by atoms with E-state index in [2.05, 4.69) is 17.1 Å². The highest BCUT2D eigenvalue weighted by Gasteiger charge is 2.20. The number of carbonyl (C=O) groups excluding carboxylic acids is 1. The first-order valence-corrected chi connectivity index (χ1v) is 7.20. The van der Waals surface area contributed by atoms with Crippen LogP contribution < -0.4 is 5.32 Å². The van der Waals surface area contributed by atoms with E-state index in [1.807, 2.05) is 0 Å². The summed E-state index contributed by atoms with van der Waals surface area (Å²) in [5, 5.41) is 12.1. The van der Waals surface area contributed by atoms with E-state index in [1.165, 1.54) is 6.07 Å². The van der Waals surface area contributed by atoms with Crippen molar-refractivity contribution in [1.29, 1.82) is 0 Å². The lowest BCUT2D eigenvalue weighted by Crippen LogP contribution is -2.48. The molecule has 1 aromatic carbocycles. The molecule has 6 heteroatoms. The Hall–Kier alpha value is -1.66. The number of rotatable bonds is 5. The van der Waals surface area contributed by atoms with Crippen molar-refractivity contribution >= 4 is 5.91 Å². The first-order valence-electron chi connectivity index (χ1n) is 7.20. The number of nitrogens with one attached hydrogen (secondary N) is 1. The minimum atomic E-state index is -0.730. The van der Waals surface area contributed by atoms with Crippen LogP contribution in [0.2, 0.25) is 0 Å². The molecule has 1 aromatic rings. The molecule has 2 rings (SSSR count). The van der Waals surface area contributed by atoms with E-state index in [1.54, 1.807) is 0 Å². The lowest BCUT2D eigenvalue weighted by molar-refractivity contribution is 0.0159. The van der Waals surface area contributed by atoms with Gasteiger partial charge in [0.2, 0.25) is 0 Å². The second-order valence-corrected chi connectivity index (χ2v) is 5.09. The van der Waals surface area contributed by atoms with Gasteiger partial charge in [-0.2, -0.15) is 0 Å². The van der Waals surface area contributed by atoms with Gasteiger partial charge in [0.25, 0.3) is 5.91 Å². The number of hydrogen-bond acceptors (Lipinski definition) is 4. The van der Waals surface area contributed by atoms with E-state index in [-0.39, 0.29) is 17.5 Å². The van der Waals surface area contributed by atoms with Crippen LogP contribution in [0.5, 0.6) is 5.75 Å². The minimum absolute atomic E-state index is 0.255. The second-order valence-electron chi connectivity index (χ2n) is 5.09. The number of amides is 1. The zero-order valence-electron chi connectivity index (χ0n) is 12.1. The monoisotopic (exact) mass is 296 g/mol. The third-order valence-electron chi connectivity index (χ3n) is 3.74. The minimum Gasteiger partial charge on any atom is -0.505 e. The predicted octanol–water partition coefficient (Wildman–Crippen LogP) is 1.37. The summed E-state index contributed by atoms with van der Waals surface area (Å²) >= 11 is 0. The van der Waals surface area contributed by atoms with E-state index in [0.29, 0.717) is 6.54 Å². The molecular weight excluding hydrogens is 275 g/mol. The molecule has 1 aliphatic heterocycles. The number of halogens is 1. The van der Waals surface area contributed by atoms with Crippen LogP contribution in [0, 0.1) is 5.82 Å². The molecule has 0 aromatic heterocycles. The maximum Gasteiger partial charge on any atom is 0.251 e. The third-order valence-corrected chi connectivity index (χ3v) is 3.74. The van der Waals surface area contributed by atoms with Crippen LogP contribution in [-0.2, 0) is 4.74 Å². The van der Waals surface area contributed by atoms with Gasteiger partial charge < -0.3 is 15.2 Å².